The van der Waals surface area contributed by atoms with Crippen molar-refractivity contribution >= 4 is 57.7 Å². The quantitative estimate of drug-likeness (QED) is 0.0727. The Bertz CT molecular complexity index is 2030. The minimum atomic E-state index is -0.567. The highest BCUT2D eigenvalue weighted by Gasteiger charge is 2.20. The predicted octanol–water partition coefficient (Wildman–Crippen LogP) is 7.76. The number of nitrogens with one attached hydrogen (secondary N) is 3. The number of hydrogen-bond donors (Lipinski definition) is 3. The molecule has 52 heavy (non-hydrogen) atoms. The Morgan fingerprint density at radius 2 is 1.52 bits per heavy atom. The summed E-state index contributed by atoms with van der Waals surface area (Å²) in [6.45, 7) is 4.34. The fraction of sp³-hybridized carbons (Fsp3) is 0.179. The van der Waals surface area contributed by atoms with Gasteiger partial charge in [-0.1, -0.05) is 18.2 Å². The lowest BCUT2D eigenvalue weighted by atomic mass is 10.1. The molecule has 4 aromatic carbocycles. The van der Waals surface area contributed by atoms with E-state index in [1.54, 1.807) is 66.7 Å². The molecule has 0 radical (unpaired) electrons. The number of carbonyl (C=O) groups is 3. The number of anilines is 2. The molecule has 1 heterocycles. The molecule has 0 aliphatic rings. The van der Waals surface area contributed by atoms with Crippen molar-refractivity contribution < 1.29 is 33.3 Å². The Kier molecular flexibility index (Phi) is 12.9. The third-order valence-corrected chi connectivity index (χ3v) is 9.42. The Hall–Kier alpha value is -5.79. The van der Waals surface area contributed by atoms with Gasteiger partial charge in [-0.2, -0.15) is 0 Å². The topological polar surface area (TPSA) is 137 Å². The van der Waals surface area contributed by atoms with E-state index in [1.165, 1.54) is 50.5 Å². The standard InChI is InChI=1S/C39H38N4O7S2/c1-6-50-29-16-12-25(13-17-29)32-23-51-39(42-32)43-36(44)24(2)52-30-18-14-28(15-19-30)40-38(46)31(41-37(45)26-10-8-7-9-11-26)20-27-21-34(48-4)35(49-5)22-33(27)47-3/h7-24H,6H2,1-5H3,(H,40,46)(H,41,45)(H,42,43,44)/b31-20-. The second kappa shape index (κ2) is 17.9. The van der Waals surface area contributed by atoms with Crippen LogP contribution in [0, 0.1) is 0 Å². The predicted molar refractivity (Wildman–Crippen MR) is 206 cm³/mol. The van der Waals surface area contributed by atoms with E-state index in [0.29, 0.717) is 45.8 Å². The maximum Gasteiger partial charge on any atom is 0.272 e. The van der Waals surface area contributed by atoms with Crippen molar-refractivity contribution in [2.75, 3.05) is 38.6 Å². The molecule has 11 nitrogen and oxygen atoms in total. The summed E-state index contributed by atoms with van der Waals surface area (Å²) in [5, 5.41) is 10.5. The van der Waals surface area contributed by atoms with Crippen molar-refractivity contribution in [1.29, 1.82) is 0 Å². The van der Waals surface area contributed by atoms with Crippen molar-refractivity contribution in [3.63, 3.8) is 0 Å². The summed E-state index contributed by atoms with van der Waals surface area (Å²) >= 11 is 2.72. The molecule has 0 bridgehead atoms. The number of carbonyl (C=O) groups excluding carboxylic acids is 3. The number of rotatable bonds is 15. The largest absolute Gasteiger partial charge is 0.496 e. The van der Waals surface area contributed by atoms with E-state index in [9.17, 15) is 14.4 Å². The molecule has 268 valence electrons. The van der Waals surface area contributed by atoms with Crippen LogP contribution in [0.3, 0.4) is 0 Å². The van der Waals surface area contributed by atoms with Gasteiger partial charge in [-0.3, -0.25) is 14.4 Å². The number of amides is 3. The minimum Gasteiger partial charge on any atom is -0.496 e. The number of thiazole rings is 1. The molecular formula is C39H38N4O7S2. The lowest BCUT2D eigenvalue weighted by molar-refractivity contribution is -0.115. The second-order valence-corrected chi connectivity index (χ2v) is 13.3. The van der Waals surface area contributed by atoms with Gasteiger partial charge >= 0.3 is 0 Å². The molecule has 0 aliphatic heterocycles. The van der Waals surface area contributed by atoms with Gasteiger partial charge in [-0.25, -0.2) is 4.98 Å². The van der Waals surface area contributed by atoms with E-state index >= 15 is 0 Å². The molecule has 3 amide bonds. The summed E-state index contributed by atoms with van der Waals surface area (Å²) in [4.78, 5) is 45.2. The molecule has 13 heteroatoms. The maximum absolute atomic E-state index is 13.7. The monoisotopic (exact) mass is 738 g/mol. The summed E-state index contributed by atoms with van der Waals surface area (Å²) in [7, 11) is 4.50. The first-order valence-electron chi connectivity index (χ1n) is 16.2. The van der Waals surface area contributed by atoms with Gasteiger partial charge in [0, 0.05) is 38.7 Å². The molecule has 5 aromatic rings. The van der Waals surface area contributed by atoms with Crippen LogP contribution in [0.5, 0.6) is 23.0 Å². The molecule has 0 saturated carbocycles. The van der Waals surface area contributed by atoms with E-state index in [0.717, 1.165) is 21.9 Å². The first kappa shape index (κ1) is 37.5. The summed E-state index contributed by atoms with van der Waals surface area (Å²) in [5.41, 5.74) is 3.00. The number of ether oxygens (including phenoxy) is 4. The smallest absolute Gasteiger partial charge is 0.272 e. The van der Waals surface area contributed by atoms with Crippen LogP contribution >= 0.6 is 23.1 Å². The van der Waals surface area contributed by atoms with Crippen LogP contribution < -0.4 is 34.9 Å². The van der Waals surface area contributed by atoms with Crippen LogP contribution in [0.2, 0.25) is 0 Å². The fourth-order valence-corrected chi connectivity index (χ4v) is 6.49. The Morgan fingerprint density at radius 3 is 2.17 bits per heavy atom. The van der Waals surface area contributed by atoms with E-state index < -0.39 is 17.1 Å². The van der Waals surface area contributed by atoms with Crippen LogP contribution in [-0.2, 0) is 9.59 Å². The van der Waals surface area contributed by atoms with E-state index in [1.807, 2.05) is 43.5 Å². The first-order chi connectivity index (χ1) is 25.2. The van der Waals surface area contributed by atoms with Gasteiger partial charge in [0.05, 0.1) is 38.9 Å². The number of benzene rings is 4. The van der Waals surface area contributed by atoms with Gasteiger partial charge in [0.1, 0.15) is 17.2 Å². The molecule has 5 rings (SSSR count). The van der Waals surface area contributed by atoms with Crippen molar-refractivity contribution in [2.45, 2.75) is 24.0 Å². The summed E-state index contributed by atoms with van der Waals surface area (Å²) in [6.07, 6.45) is 1.50. The molecule has 0 saturated heterocycles. The summed E-state index contributed by atoms with van der Waals surface area (Å²) in [6, 6.07) is 26.6. The minimum absolute atomic E-state index is 0.0315. The number of thioether (sulfide) groups is 1. The van der Waals surface area contributed by atoms with Crippen LogP contribution in [0.1, 0.15) is 29.8 Å². The summed E-state index contributed by atoms with van der Waals surface area (Å²) < 4.78 is 21.9. The third-order valence-electron chi connectivity index (χ3n) is 7.55. The van der Waals surface area contributed by atoms with Crippen molar-refractivity contribution in [3.05, 3.63) is 113 Å². The average Bonchev–Trinajstić information content (AvgIpc) is 3.64. The fourth-order valence-electron chi connectivity index (χ4n) is 4.90. The average molecular weight is 739 g/mol. The van der Waals surface area contributed by atoms with E-state index in [2.05, 4.69) is 20.9 Å². The van der Waals surface area contributed by atoms with Gasteiger partial charge in [-0.15, -0.1) is 23.1 Å². The molecule has 0 spiro atoms. The first-order valence-corrected chi connectivity index (χ1v) is 17.9. The number of hydrogen-bond acceptors (Lipinski definition) is 10. The van der Waals surface area contributed by atoms with Gasteiger partial charge in [0.15, 0.2) is 16.6 Å². The number of nitrogens with zero attached hydrogens (tertiary/aromatic N) is 1. The molecule has 1 unspecified atom stereocenters. The molecular weight excluding hydrogens is 701 g/mol. The van der Waals surface area contributed by atoms with E-state index in [-0.39, 0.29) is 11.6 Å². The Morgan fingerprint density at radius 1 is 0.846 bits per heavy atom. The molecule has 1 aromatic heterocycles. The van der Waals surface area contributed by atoms with Crippen molar-refractivity contribution in [3.8, 4) is 34.3 Å². The van der Waals surface area contributed by atoms with Crippen LogP contribution in [0.4, 0.5) is 10.8 Å². The van der Waals surface area contributed by atoms with Crippen LogP contribution in [-0.4, -0.2) is 55.9 Å². The molecule has 1 atom stereocenters. The normalized spacial score (nSPS) is 11.6. The van der Waals surface area contributed by atoms with Gasteiger partial charge in [0.25, 0.3) is 11.8 Å². The lowest BCUT2D eigenvalue weighted by Gasteiger charge is -2.15. The molecule has 3 N–H and O–H groups in total. The van der Waals surface area contributed by atoms with Crippen molar-refractivity contribution in [2.24, 2.45) is 0 Å². The third kappa shape index (κ3) is 9.71. The number of methoxy groups -OCH3 is 3. The zero-order chi connectivity index (χ0) is 37.0. The zero-order valence-electron chi connectivity index (χ0n) is 29.2. The lowest BCUT2D eigenvalue weighted by Crippen LogP contribution is -2.30. The molecule has 0 aliphatic carbocycles. The van der Waals surface area contributed by atoms with Crippen LogP contribution in [0.15, 0.2) is 107 Å². The number of aromatic nitrogens is 1. The summed E-state index contributed by atoms with van der Waals surface area (Å²) in [5.74, 6) is 0.826. The Labute approximate surface area is 310 Å². The zero-order valence-corrected chi connectivity index (χ0v) is 30.9. The highest BCUT2D eigenvalue weighted by atomic mass is 32.2. The second-order valence-electron chi connectivity index (χ2n) is 11.1. The molecule has 0 fully saturated rings. The SMILES string of the molecule is CCOc1ccc(-c2csc(NC(=O)C(C)Sc3ccc(NC(=O)/C(=C/c4cc(OC)c(OC)cc4OC)NC(=O)c4ccccc4)cc3)n2)cc1. The van der Waals surface area contributed by atoms with Crippen LogP contribution in [0.25, 0.3) is 17.3 Å². The van der Waals surface area contributed by atoms with Gasteiger partial charge in [-0.05, 0) is 86.7 Å². The highest BCUT2D eigenvalue weighted by molar-refractivity contribution is 8.00. The van der Waals surface area contributed by atoms with E-state index in [4.69, 9.17) is 18.9 Å². The Balaban J connectivity index is 1.26. The maximum atomic E-state index is 13.7. The van der Waals surface area contributed by atoms with Gasteiger partial charge < -0.3 is 34.9 Å². The highest BCUT2D eigenvalue weighted by Crippen LogP contribution is 2.36. The van der Waals surface area contributed by atoms with Crippen molar-refractivity contribution in [1.82, 2.24) is 10.3 Å². The van der Waals surface area contributed by atoms with Gasteiger partial charge in [0.2, 0.25) is 5.91 Å².